The van der Waals surface area contributed by atoms with Crippen molar-refractivity contribution in [1.82, 2.24) is 4.90 Å². The lowest BCUT2D eigenvalue weighted by atomic mass is 10.2. The van der Waals surface area contributed by atoms with E-state index in [2.05, 4.69) is 45.7 Å². The van der Waals surface area contributed by atoms with Crippen LogP contribution in [0.15, 0.2) is 27.1 Å². The summed E-state index contributed by atoms with van der Waals surface area (Å²) in [5, 5.41) is 1.02. The number of rotatable bonds is 1. The number of halogens is 2. The van der Waals surface area contributed by atoms with Crippen LogP contribution >= 0.6 is 43.6 Å². The number of hydrogen-bond acceptors (Lipinski definition) is 2. The molecular formula is C13H15Br2NOS. The number of thioether (sulfide) groups is 1. The number of carbonyl (C=O) groups is 1. The molecule has 0 bridgehead atoms. The highest BCUT2D eigenvalue weighted by Gasteiger charge is 2.26. The number of amides is 1. The van der Waals surface area contributed by atoms with Gasteiger partial charge in [0.15, 0.2) is 0 Å². The average molecular weight is 393 g/mol. The van der Waals surface area contributed by atoms with Gasteiger partial charge in [0.05, 0.1) is 0 Å². The van der Waals surface area contributed by atoms with Crippen LogP contribution in [0.2, 0.25) is 0 Å². The Morgan fingerprint density at radius 1 is 1.17 bits per heavy atom. The minimum atomic E-state index is 0.121. The van der Waals surface area contributed by atoms with Crippen LogP contribution in [-0.4, -0.2) is 34.4 Å². The highest BCUT2D eigenvalue weighted by atomic mass is 79.9. The highest BCUT2D eigenvalue weighted by molar-refractivity contribution is 9.11. The van der Waals surface area contributed by atoms with Gasteiger partial charge in [-0.25, -0.2) is 0 Å². The van der Waals surface area contributed by atoms with Crippen LogP contribution in [0.25, 0.3) is 0 Å². The van der Waals surface area contributed by atoms with E-state index in [4.69, 9.17) is 0 Å². The standard InChI is InChI=1S/C13H15Br2NOS/c1-8-6-16(7-9(2)18-8)13(17)10-3-11(14)5-12(15)4-10/h3-5,8-9H,6-7H2,1-2H3. The first-order valence-electron chi connectivity index (χ1n) is 5.86. The molecule has 1 aromatic carbocycles. The lowest BCUT2D eigenvalue weighted by Gasteiger charge is -2.34. The van der Waals surface area contributed by atoms with Gasteiger partial charge in [-0.3, -0.25) is 4.79 Å². The number of nitrogens with zero attached hydrogens (tertiary/aromatic N) is 1. The van der Waals surface area contributed by atoms with Crippen molar-refractivity contribution in [2.75, 3.05) is 13.1 Å². The number of hydrogen-bond donors (Lipinski definition) is 0. The van der Waals surface area contributed by atoms with Crippen molar-refractivity contribution in [3.8, 4) is 0 Å². The number of carbonyl (C=O) groups excluding carboxylic acids is 1. The second-order valence-electron chi connectivity index (χ2n) is 4.63. The lowest BCUT2D eigenvalue weighted by molar-refractivity contribution is 0.0753. The molecule has 1 saturated heterocycles. The molecular weight excluding hydrogens is 378 g/mol. The van der Waals surface area contributed by atoms with E-state index in [1.165, 1.54) is 0 Å². The Morgan fingerprint density at radius 2 is 1.67 bits per heavy atom. The third kappa shape index (κ3) is 3.52. The Kier molecular flexibility index (Phi) is 4.78. The molecule has 5 heteroatoms. The van der Waals surface area contributed by atoms with Gasteiger partial charge in [-0.1, -0.05) is 45.7 Å². The maximum atomic E-state index is 12.5. The second kappa shape index (κ2) is 5.97. The van der Waals surface area contributed by atoms with E-state index >= 15 is 0 Å². The molecule has 0 saturated carbocycles. The Labute approximate surface area is 129 Å². The van der Waals surface area contributed by atoms with E-state index in [0.717, 1.165) is 27.6 Å². The molecule has 1 heterocycles. The zero-order valence-electron chi connectivity index (χ0n) is 10.3. The van der Waals surface area contributed by atoms with Gasteiger partial charge in [0, 0.05) is 38.1 Å². The summed E-state index contributed by atoms with van der Waals surface area (Å²) < 4.78 is 1.85. The minimum Gasteiger partial charge on any atom is -0.336 e. The van der Waals surface area contributed by atoms with Gasteiger partial charge in [0.25, 0.3) is 5.91 Å². The van der Waals surface area contributed by atoms with Crippen molar-refractivity contribution >= 4 is 49.5 Å². The maximum absolute atomic E-state index is 12.5. The van der Waals surface area contributed by atoms with Crippen LogP contribution in [0, 0.1) is 0 Å². The van der Waals surface area contributed by atoms with E-state index in [0.29, 0.717) is 10.5 Å². The Bertz CT molecular complexity index is 436. The fraction of sp³-hybridized carbons (Fsp3) is 0.462. The Hall–Kier alpha value is -0.000000000000000111. The molecule has 1 fully saturated rings. The predicted octanol–water partition coefficient (Wildman–Crippen LogP) is 4.18. The summed E-state index contributed by atoms with van der Waals surface area (Å²) in [6.07, 6.45) is 0. The van der Waals surface area contributed by atoms with E-state index in [1.54, 1.807) is 0 Å². The van der Waals surface area contributed by atoms with E-state index in [9.17, 15) is 4.79 Å². The molecule has 0 aromatic heterocycles. The van der Waals surface area contributed by atoms with Crippen molar-refractivity contribution in [3.05, 3.63) is 32.7 Å². The fourth-order valence-corrected chi connectivity index (χ4v) is 4.82. The summed E-state index contributed by atoms with van der Waals surface area (Å²) in [7, 11) is 0. The van der Waals surface area contributed by atoms with Gasteiger partial charge in [-0.05, 0) is 18.2 Å². The largest absolute Gasteiger partial charge is 0.336 e. The quantitative estimate of drug-likeness (QED) is 0.714. The zero-order chi connectivity index (χ0) is 13.3. The van der Waals surface area contributed by atoms with Gasteiger partial charge < -0.3 is 4.90 Å². The lowest BCUT2D eigenvalue weighted by Crippen LogP contribution is -2.44. The smallest absolute Gasteiger partial charge is 0.254 e. The third-order valence-electron chi connectivity index (χ3n) is 2.82. The summed E-state index contributed by atoms with van der Waals surface area (Å²) in [6.45, 7) is 6.02. The molecule has 1 aliphatic rings. The predicted molar refractivity (Wildman–Crippen MR) is 84.3 cm³/mol. The summed E-state index contributed by atoms with van der Waals surface area (Å²) >= 11 is 8.80. The van der Waals surface area contributed by atoms with Crippen LogP contribution in [0.5, 0.6) is 0 Å². The van der Waals surface area contributed by atoms with Crippen molar-refractivity contribution in [1.29, 1.82) is 0 Å². The van der Waals surface area contributed by atoms with E-state index in [-0.39, 0.29) is 5.91 Å². The second-order valence-corrected chi connectivity index (χ2v) is 8.34. The van der Waals surface area contributed by atoms with Crippen LogP contribution in [-0.2, 0) is 0 Å². The highest BCUT2D eigenvalue weighted by Crippen LogP contribution is 2.27. The zero-order valence-corrected chi connectivity index (χ0v) is 14.3. The Balaban J connectivity index is 2.20. The molecule has 0 aliphatic carbocycles. The van der Waals surface area contributed by atoms with Crippen molar-refractivity contribution < 1.29 is 4.79 Å². The van der Waals surface area contributed by atoms with Crippen molar-refractivity contribution in [2.24, 2.45) is 0 Å². The molecule has 98 valence electrons. The van der Waals surface area contributed by atoms with Gasteiger partial charge in [0.2, 0.25) is 0 Å². The summed E-state index contributed by atoms with van der Waals surface area (Å²) in [6, 6.07) is 5.70. The maximum Gasteiger partial charge on any atom is 0.254 e. The molecule has 2 nitrogen and oxygen atoms in total. The molecule has 0 spiro atoms. The summed E-state index contributed by atoms with van der Waals surface area (Å²) in [5.41, 5.74) is 0.738. The first kappa shape index (κ1) is 14.4. The molecule has 18 heavy (non-hydrogen) atoms. The first-order valence-corrected chi connectivity index (χ1v) is 8.39. The molecule has 1 aromatic rings. The summed E-state index contributed by atoms with van der Waals surface area (Å²) in [5.74, 6) is 0.121. The van der Waals surface area contributed by atoms with Gasteiger partial charge >= 0.3 is 0 Å². The topological polar surface area (TPSA) is 20.3 Å². The number of benzene rings is 1. The van der Waals surface area contributed by atoms with Crippen LogP contribution in [0.1, 0.15) is 24.2 Å². The van der Waals surface area contributed by atoms with Gasteiger partial charge in [-0.2, -0.15) is 11.8 Å². The fourth-order valence-electron chi connectivity index (χ4n) is 2.20. The third-order valence-corrected chi connectivity index (χ3v) is 4.96. The molecule has 1 amide bonds. The normalized spacial score (nSPS) is 24.1. The Morgan fingerprint density at radius 3 is 2.17 bits per heavy atom. The average Bonchev–Trinajstić information content (AvgIpc) is 2.25. The van der Waals surface area contributed by atoms with E-state index < -0.39 is 0 Å². The van der Waals surface area contributed by atoms with Crippen molar-refractivity contribution in [2.45, 2.75) is 24.3 Å². The SMILES string of the molecule is CC1CN(C(=O)c2cc(Br)cc(Br)c2)CC(C)S1. The summed E-state index contributed by atoms with van der Waals surface area (Å²) in [4.78, 5) is 14.4. The molecule has 0 radical (unpaired) electrons. The van der Waals surface area contributed by atoms with Crippen LogP contribution in [0.4, 0.5) is 0 Å². The van der Waals surface area contributed by atoms with Crippen molar-refractivity contribution in [3.63, 3.8) is 0 Å². The first-order chi connectivity index (χ1) is 8.45. The monoisotopic (exact) mass is 391 g/mol. The molecule has 2 rings (SSSR count). The molecule has 2 atom stereocenters. The van der Waals surface area contributed by atoms with Gasteiger partial charge in [-0.15, -0.1) is 0 Å². The van der Waals surface area contributed by atoms with Crippen LogP contribution in [0.3, 0.4) is 0 Å². The minimum absolute atomic E-state index is 0.121. The van der Waals surface area contributed by atoms with E-state index in [1.807, 2.05) is 34.9 Å². The van der Waals surface area contributed by atoms with Gasteiger partial charge in [0.1, 0.15) is 0 Å². The molecule has 2 unspecified atom stereocenters. The molecule has 0 N–H and O–H groups in total. The van der Waals surface area contributed by atoms with Crippen LogP contribution < -0.4 is 0 Å². The molecule has 1 aliphatic heterocycles.